The van der Waals surface area contributed by atoms with Crippen LogP contribution < -0.4 is 11.5 Å². The molecule has 1 aliphatic heterocycles. The van der Waals surface area contributed by atoms with Crippen LogP contribution in [-0.4, -0.2) is 37.6 Å². The van der Waals surface area contributed by atoms with Crippen molar-refractivity contribution in [3.8, 4) is 0 Å². The van der Waals surface area contributed by atoms with Gasteiger partial charge in [-0.25, -0.2) is 9.59 Å². The van der Waals surface area contributed by atoms with Crippen molar-refractivity contribution in [1.82, 2.24) is 0 Å². The standard InChI is InChI=1S/C5H6N2O2.CH4N2O.CH2O/c1-2-9-4-3-6-5(8)7-4;2-1(3)4;1-2/h3H,2H2,1H3;(H4,2,3,4);1H2. The van der Waals surface area contributed by atoms with Gasteiger partial charge in [0.25, 0.3) is 0 Å². The first-order valence-corrected chi connectivity index (χ1v) is 3.69. The topological polar surface area (TPSA) is 137 Å². The summed E-state index contributed by atoms with van der Waals surface area (Å²) in [5, 5.41) is 0. The summed E-state index contributed by atoms with van der Waals surface area (Å²) in [4.78, 5) is 34.0. The number of nitrogens with zero attached hydrogens (tertiary/aromatic N) is 2. The van der Waals surface area contributed by atoms with Crippen LogP contribution in [0.3, 0.4) is 0 Å². The molecule has 0 atom stereocenters. The Morgan fingerprint density at radius 3 is 2.27 bits per heavy atom. The number of carbonyl (C=O) groups excluding carboxylic acids is 3. The van der Waals surface area contributed by atoms with Crippen LogP contribution in [0.1, 0.15) is 6.92 Å². The van der Waals surface area contributed by atoms with Gasteiger partial charge in [-0.2, -0.15) is 9.98 Å². The van der Waals surface area contributed by atoms with E-state index < -0.39 is 12.1 Å². The Labute approximate surface area is 86.0 Å². The highest BCUT2D eigenvalue weighted by Crippen LogP contribution is 1.92. The van der Waals surface area contributed by atoms with Crippen LogP contribution in [0.4, 0.5) is 9.59 Å². The molecule has 0 aromatic heterocycles. The van der Waals surface area contributed by atoms with Gasteiger partial charge in [-0.05, 0) is 6.92 Å². The zero-order valence-corrected chi connectivity index (χ0v) is 8.17. The lowest BCUT2D eigenvalue weighted by Crippen LogP contribution is -2.18. The number of carbonyl (C=O) groups is 3. The maximum Gasteiger partial charge on any atom is 0.370 e. The Hall–Kier alpha value is -2.25. The van der Waals surface area contributed by atoms with Crippen molar-refractivity contribution in [3.63, 3.8) is 0 Å². The number of urea groups is 2. The lowest BCUT2D eigenvalue weighted by molar-refractivity contribution is -0.0980. The molecule has 4 amide bonds. The molecular formula is C7H12N4O4. The van der Waals surface area contributed by atoms with Gasteiger partial charge in [0.1, 0.15) is 6.79 Å². The van der Waals surface area contributed by atoms with Crippen molar-refractivity contribution in [3.05, 3.63) is 0 Å². The predicted molar refractivity (Wildman–Crippen MR) is 53.8 cm³/mol. The highest BCUT2D eigenvalue weighted by atomic mass is 16.5. The minimum atomic E-state index is -0.833. The van der Waals surface area contributed by atoms with Crippen LogP contribution in [0.15, 0.2) is 9.98 Å². The Morgan fingerprint density at radius 1 is 1.53 bits per heavy atom. The fourth-order valence-electron chi connectivity index (χ4n) is 0.480. The molecule has 1 aliphatic rings. The molecule has 1 heterocycles. The zero-order valence-electron chi connectivity index (χ0n) is 8.17. The molecule has 15 heavy (non-hydrogen) atoms. The second kappa shape index (κ2) is 9.84. The van der Waals surface area contributed by atoms with Crippen molar-refractivity contribution >= 4 is 31.0 Å². The van der Waals surface area contributed by atoms with Gasteiger partial charge in [0.15, 0.2) is 0 Å². The molecule has 0 fully saturated rings. The van der Waals surface area contributed by atoms with E-state index in [-0.39, 0.29) is 0 Å². The SMILES string of the molecule is C=O.CCOC1=NC(=O)N=C1.NC(N)=O. The number of nitrogens with two attached hydrogens (primary N) is 2. The highest BCUT2D eigenvalue weighted by Gasteiger charge is 2.06. The molecule has 8 nitrogen and oxygen atoms in total. The molecule has 0 bridgehead atoms. The average molecular weight is 216 g/mol. The van der Waals surface area contributed by atoms with Crippen LogP contribution in [0.25, 0.3) is 0 Å². The van der Waals surface area contributed by atoms with E-state index >= 15 is 0 Å². The van der Waals surface area contributed by atoms with Crippen molar-refractivity contribution in [2.75, 3.05) is 6.61 Å². The summed E-state index contributed by atoms with van der Waals surface area (Å²) in [7, 11) is 0. The second-order valence-corrected chi connectivity index (χ2v) is 1.83. The quantitative estimate of drug-likeness (QED) is 0.608. The van der Waals surface area contributed by atoms with Gasteiger partial charge in [0.05, 0.1) is 12.8 Å². The largest absolute Gasteiger partial charge is 0.477 e. The van der Waals surface area contributed by atoms with Crippen molar-refractivity contribution in [2.45, 2.75) is 6.92 Å². The molecule has 84 valence electrons. The zero-order chi connectivity index (χ0) is 12.3. The molecule has 1 rings (SSSR count). The fraction of sp³-hybridized carbons (Fsp3) is 0.286. The van der Waals surface area contributed by atoms with Crippen LogP contribution in [0.5, 0.6) is 0 Å². The third kappa shape index (κ3) is 11.8. The van der Waals surface area contributed by atoms with Gasteiger partial charge in [0, 0.05) is 0 Å². The number of amides is 4. The summed E-state index contributed by atoms with van der Waals surface area (Å²) >= 11 is 0. The number of ether oxygens (including phenoxy) is 1. The first-order chi connectivity index (χ1) is 7.06. The summed E-state index contributed by atoms with van der Waals surface area (Å²) in [6.07, 6.45) is 1.31. The normalized spacial score (nSPS) is 11.5. The van der Waals surface area contributed by atoms with E-state index in [4.69, 9.17) is 14.3 Å². The van der Waals surface area contributed by atoms with Crippen LogP contribution in [0, 0.1) is 0 Å². The van der Waals surface area contributed by atoms with Crippen molar-refractivity contribution < 1.29 is 19.1 Å². The summed E-state index contributed by atoms with van der Waals surface area (Å²) in [6, 6.07) is -1.32. The van der Waals surface area contributed by atoms with E-state index in [0.29, 0.717) is 12.5 Å². The summed E-state index contributed by atoms with van der Waals surface area (Å²) < 4.78 is 4.85. The summed E-state index contributed by atoms with van der Waals surface area (Å²) in [5.74, 6) is 0.308. The fourth-order valence-corrected chi connectivity index (χ4v) is 0.480. The molecule has 0 saturated carbocycles. The first kappa shape index (κ1) is 15.2. The summed E-state index contributed by atoms with van der Waals surface area (Å²) in [5.41, 5.74) is 8.50. The molecule has 0 aliphatic carbocycles. The van der Waals surface area contributed by atoms with E-state index in [2.05, 4.69) is 21.5 Å². The lowest BCUT2D eigenvalue weighted by Gasteiger charge is -1.93. The molecule has 4 N–H and O–H groups in total. The Kier molecular flexibility index (Phi) is 9.99. The van der Waals surface area contributed by atoms with Gasteiger partial charge in [-0.1, -0.05) is 0 Å². The minimum Gasteiger partial charge on any atom is -0.477 e. The molecule has 0 aromatic carbocycles. The molecule has 0 radical (unpaired) electrons. The van der Waals surface area contributed by atoms with Crippen molar-refractivity contribution in [2.24, 2.45) is 21.5 Å². The minimum absolute atomic E-state index is 0.308. The Morgan fingerprint density at radius 2 is 2.00 bits per heavy atom. The number of rotatable bonds is 1. The Bertz CT molecular complexity index is 270. The van der Waals surface area contributed by atoms with Gasteiger partial charge < -0.3 is 21.0 Å². The molecule has 8 heteroatoms. The van der Waals surface area contributed by atoms with E-state index in [1.54, 1.807) is 0 Å². The third-order valence-electron chi connectivity index (χ3n) is 0.783. The predicted octanol–water partition coefficient (Wildman–Crippen LogP) is -0.535. The van der Waals surface area contributed by atoms with Gasteiger partial charge in [0.2, 0.25) is 5.90 Å². The molecule has 0 saturated heterocycles. The van der Waals surface area contributed by atoms with Gasteiger partial charge in [-0.3, -0.25) is 0 Å². The maximum absolute atomic E-state index is 10.3. The van der Waals surface area contributed by atoms with Crippen molar-refractivity contribution in [1.29, 1.82) is 0 Å². The second-order valence-electron chi connectivity index (χ2n) is 1.83. The molecule has 0 spiro atoms. The van der Waals surface area contributed by atoms with Gasteiger partial charge >= 0.3 is 12.1 Å². The van der Waals surface area contributed by atoms with Crippen LogP contribution >= 0.6 is 0 Å². The van der Waals surface area contributed by atoms with E-state index in [0.717, 1.165) is 0 Å². The monoisotopic (exact) mass is 216 g/mol. The average Bonchev–Trinajstić information content (AvgIpc) is 2.55. The molecule has 0 unspecified atom stereocenters. The molecule has 0 aromatic rings. The smallest absolute Gasteiger partial charge is 0.370 e. The maximum atomic E-state index is 10.3. The van der Waals surface area contributed by atoms with Crippen LogP contribution in [0.2, 0.25) is 0 Å². The van der Waals surface area contributed by atoms with E-state index in [1.807, 2.05) is 13.7 Å². The van der Waals surface area contributed by atoms with Crippen LogP contribution in [-0.2, 0) is 9.53 Å². The number of aliphatic imine (C=N–C) groups is 2. The highest BCUT2D eigenvalue weighted by molar-refractivity contribution is 6.33. The summed E-state index contributed by atoms with van der Waals surface area (Å²) in [6.45, 7) is 4.33. The van der Waals surface area contributed by atoms with E-state index in [1.165, 1.54) is 6.21 Å². The Balaban J connectivity index is 0. The first-order valence-electron chi connectivity index (χ1n) is 3.69. The lowest BCUT2D eigenvalue weighted by atomic mass is 10.7. The van der Waals surface area contributed by atoms with E-state index in [9.17, 15) is 4.79 Å². The number of hydrogen-bond donors (Lipinski definition) is 2. The molecular weight excluding hydrogens is 204 g/mol. The number of hydrogen-bond acceptors (Lipinski definition) is 4. The number of primary amides is 2. The van der Waals surface area contributed by atoms with Gasteiger partial charge in [-0.15, -0.1) is 0 Å². The third-order valence-corrected chi connectivity index (χ3v) is 0.783.